The minimum atomic E-state index is 0.810. The van der Waals surface area contributed by atoms with Crippen molar-refractivity contribution in [1.29, 1.82) is 0 Å². The third-order valence-electron chi connectivity index (χ3n) is 3.02. The third kappa shape index (κ3) is 2.19. The molecule has 0 aromatic rings. The summed E-state index contributed by atoms with van der Waals surface area (Å²) in [5.41, 5.74) is 0. The van der Waals surface area contributed by atoms with E-state index in [-0.39, 0.29) is 0 Å². The summed E-state index contributed by atoms with van der Waals surface area (Å²) >= 11 is 0. The topological polar surface area (TPSA) is 12.0 Å². The highest BCUT2D eigenvalue weighted by atomic mass is 14.9. The van der Waals surface area contributed by atoms with Crippen LogP contribution in [-0.2, 0) is 0 Å². The lowest BCUT2D eigenvalue weighted by atomic mass is 9.91. The first-order valence-corrected chi connectivity index (χ1v) is 5.00. The maximum atomic E-state index is 3.47. The van der Waals surface area contributed by atoms with Gasteiger partial charge in [-0.05, 0) is 31.7 Å². The Morgan fingerprint density at radius 1 is 1.27 bits per heavy atom. The fraction of sp³-hybridized carbons (Fsp3) is 1.00. The molecule has 0 aliphatic heterocycles. The second-order valence-corrected chi connectivity index (χ2v) is 3.73. The molecule has 0 amide bonds. The standard InChI is InChI=1S/C10H21N/c1-4-8(5-2)10(11-3)9-6-7-9/h8-11H,4-7H2,1-3H3. The van der Waals surface area contributed by atoms with E-state index in [1.807, 2.05) is 0 Å². The fourth-order valence-electron chi connectivity index (χ4n) is 2.11. The third-order valence-corrected chi connectivity index (χ3v) is 3.02. The van der Waals surface area contributed by atoms with E-state index in [0.717, 1.165) is 17.9 Å². The predicted molar refractivity (Wildman–Crippen MR) is 49.6 cm³/mol. The highest BCUT2D eigenvalue weighted by molar-refractivity contribution is 4.89. The van der Waals surface area contributed by atoms with Gasteiger partial charge in [-0.3, -0.25) is 0 Å². The molecule has 1 N–H and O–H groups in total. The van der Waals surface area contributed by atoms with Gasteiger partial charge in [0.25, 0.3) is 0 Å². The van der Waals surface area contributed by atoms with Gasteiger partial charge in [-0.1, -0.05) is 26.7 Å². The first-order valence-electron chi connectivity index (χ1n) is 5.00. The molecule has 0 saturated heterocycles. The highest BCUT2D eigenvalue weighted by Crippen LogP contribution is 2.37. The second-order valence-electron chi connectivity index (χ2n) is 3.73. The van der Waals surface area contributed by atoms with Gasteiger partial charge in [0.2, 0.25) is 0 Å². The number of rotatable bonds is 5. The lowest BCUT2D eigenvalue weighted by Gasteiger charge is -2.24. The molecule has 0 spiro atoms. The molecular weight excluding hydrogens is 134 g/mol. The molecule has 1 saturated carbocycles. The highest BCUT2D eigenvalue weighted by Gasteiger charge is 2.33. The summed E-state index contributed by atoms with van der Waals surface area (Å²) in [6.45, 7) is 4.61. The first-order chi connectivity index (χ1) is 5.33. The maximum Gasteiger partial charge on any atom is 0.0120 e. The van der Waals surface area contributed by atoms with Gasteiger partial charge in [-0.2, -0.15) is 0 Å². The summed E-state index contributed by atoms with van der Waals surface area (Å²) in [6, 6.07) is 0.810. The normalized spacial score (nSPS) is 20.7. The van der Waals surface area contributed by atoms with E-state index in [1.54, 1.807) is 0 Å². The Bertz CT molecular complexity index is 103. The van der Waals surface area contributed by atoms with Gasteiger partial charge in [0.15, 0.2) is 0 Å². The molecule has 1 unspecified atom stereocenters. The summed E-state index contributed by atoms with van der Waals surface area (Å²) in [6.07, 6.45) is 5.58. The Labute approximate surface area is 70.6 Å². The average molecular weight is 155 g/mol. The fourth-order valence-corrected chi connectivity index (χ4v) is 2.11. The second kappa shape index (κ2) is 4.10. The zero-order valence-corrected chi connectivity index (χ0v) is 8.06. The van der Waals surface area contributed by atoms with Crippen LogP contribution in [0.25, 0.3) is 0 Å². The molecule has 1 atom stereocenters. The van der Waals surface area contributed by atoms with E-state index in [2.05, 4.69) is 26.2 Å². The molecule has 0 heterocycles. The van der Waals surface area contributed by atoms with Crippen LogP contribution < -0.4 is 5.32 Å². The minimum absolute atomic E-state index is 0.810. The Morgan fingerprint density at radius 3 is 2.09 bits per heavy atom. The molecular formula is C10H21N. The smallest absolute Gasteiger partial charge is 0.0120 e. The molecule has 1 aliphatic carbocycles. The van der Waals surface area contributed by atoms with Gasteiger partial charge in [-0.15, -0.1) is 0 Å². The Balaban J connectivity index is 2.36. The summed E-state index contributed by atoms with van der Waals surface area (Å²) in [5, 5.41) is 3.47. The zero-order chi connectivity index (χ0) is 8.27. The van der Waals surface area contributed by atoms with Gasteiger partial charge >= 0.3 is 0 Å². The maximum absolute atomic E-state index is 3.47. The molecule has 0 bridgehead atoms. The van der Waals surface area contributed by atoms with Gasteiger partial charge in [0.05, 0.1) is 0 Å². The van der Waals surface area contributed by atoms with Crippen molar-refractivity contribution in [2.24, 2.45) is 11.8 Å². The Morgan fingerprint density at radius 2 is 1.82 bits per heavy atom. The summed E-state index contributed by atoms with van der Waals surface area (Å²) < 4.78 is 0. The van der Waals surface area contributed by atoms with E-state index in [1.165, 1.54) is 25.7 Å². The number of hydrogen-bond donors (Lipinski definition) is 1. The van der Waals surface area contributed by atoms with Crippen LogP contribution in [0, 0.1) is 11.8 Å². The first kappa shape index (κ1) is 9.05. The lowest BCUT2D eigenvalue weighted by Crippen LogP contribution is -2.34. The molecule has 0 aromatic heterocycles. The molecule has 1 nitrogen and oxygen atoms in total. The summed E-state index contributed by atoms with van der Waals surface area (Å²) in [5.74, 6) is 1.91. The average Bonchev–Trinajstić information content (AvgIpc) is 2.82. The van der Waals surface area contributed by atoms with Crippen molar-refractivity contribution in [3.05, 3.63) is 0 Å². The molecule has 0 aromatic carbocycles. The Hall–Kier alpha value is -0.0400. The van der Waals surface area contributed by atoms with Crippen molar-refractivity contribution in [2.75, 3.05) is 7.05 Å². The molecule has 66 valence electrons. The lowest BCUT2D eigenvalue weighted by molar-refractivity contribution is 0.320. The largest absolute Gasteiger partial charge is 0.316 e. The summed E-state index contributed by atoms with van der Waals surface area (Å²) in [7, 11) is 2.11. The van der Waals surface area contributed by atoms with Crippen LogP contribution >= 0.6 is 0 Å². The van der Waals surface area contributed by atoms with Crippen LogP contribution in [0.2, 0.25) is 0 Å². The quantitative estimate of drug-likeness (QED) is 0.643. The van der Waals surface area contributed by atoms with Crippen LogP contribution in [0.5, 0.6) is 0 Å². The molecule has 11 heavy (non-hydrogen) atoms. The SMILES string of the molecule is CCC(CC)C(NC)C1CC1. The number of nitrogens with one attached hydrogen (secondary N) is 1. The van der Waals surface area contributed by atoms with Crippen molar-refractivity contribution in [2.45, 2.75) is 45.6 Å². The monoisotopic (exact) mass is 155 g/mol. The van der Waals surface area contributed by atoms with Crippen molar-refractivity contribution >= 4 is 0 Å². The van der Waals surface area contributed by atoms with Crippen molar-refractivity contribution in [3.63, 3.8) is 0 Å². The van der Waals surface area contributed by atoms with E-state index in [0.29, 0.717) is 0 Å². The van der Waals surface area contributed by atoms with E-state index < -0.39 is 0 Å². The van der Waals surface area contributed by atoms with Crippen molar-refractivity contribution < 1.29 is 0 Å². The van der Waals surface area contributed by atoms with Gasteiger partial charge in [-0.25, -0.2) is 0 Å². The van der Waals surface area contributed by atoms with Crippen molar-refractivity contribution in [1.82, 2.24) is 5.32 Å². The summed E-state index contributed by atoms with van der Waals surface area (Å²) in [4.78, 5) is 0. The molecule has 1 fully saturated rings. The van der Waals surface area contributed by atoms with E-state index in [4.69, 9.17) is 0 Å². The van der Waals surface area contributed by atoms with Gasteiger partial charge in [0.1, 0.15) is 0 Å². The van der Waals surface area contributed by atoms with Crippen LogP contribution in [0.1, 0.15) is 39.5 Å². The zero-order valence-electron chi connectivity index (χ0n) is 8.06. The van der Waals surface area contributed by atoms with Crippen LogP contribution in [0.15, 0.2) is 0 Å². The molecule has 1 heteroatoms. The van der Waals surface area contributed by atoms with E-state index in [9.17, 15) is 0 Å². The van der Waals surface area contributed by atoms with Crippen molar-refractivity contribution in [3.8, 4) is 0 Å². The van der Waals surface area contributed by atoms with Crippen LogP contribution in [-0.4, -0.2) is 13.1 Å². The molecule has 1 rings (SSSR count). The Kier molecular flexibility index (Phi) is 3.38. The molecule has 1 aliphatic rings. The van der Waals surface area contributed by atoms with Gasteiger partial charge < -0.3 is 5.32 Å². The van der Waals surface area contributed by atoms with E-state index >= 15 is 0 Å². The van der Waals surface area contributed by atoms with Gasteiger partial charge in [0, 0.05) is 6.04 Å². The molecule has 0 radical (unpaired) electrons. The van der Waals surface area contributed by atoms with Crippen LogP contribution in [0.3, 0.4) is 0 Å². The van der Waals surface area contributed by atoms with Crippen LogP contribution in [0.4, 0.5) is 0 Å². The number of hydrogen-bond acceptors (Lipinski definition) is 1. The minimum Gasteiger partial charge on any atom is -0.316 e. The predicted octanol–water partition coefficient (Wildman–Crippen LogP) is 2.42.